The van der Waals surface area contributed by atoms with Crippen molar-refractivity contribution in [3.63, 3.8) is 0 Å². The van der Waals surface area contributed by atoms with Crippen molar-refractivity contribution in [1.82, 2.24) is 20.3 Å². The van der Waals surface area contributed by atoms with E-state index in [1.165, 1.54) is 6.39 Å². The van der Waals surface area contributed by atoms with Gasteiger partial charge in [0, 0.05) is 18.4 Å². The second kappa shape index (κ2) is 3.86. The minimum atomic E-state index is 0.680. The van der Waals surface area contributed by atoms with Crippen molar-refractivity contribution in [3.8, 4) is 0 Å². The molecule has 2 heterocycles. The molecule has 0 bridgehead atoms. The first-order valence-electron chi connectivity index (χ1n) is 4.00. The molecule has 0 saturated carbocycles. The van der Waals surface area contributed by atoms with Crippen molar-refractivity contribution in [2.45, 2.75) is 13.1 Å². The number of hydrogen-bond donors (Lipinski definition) is 2. The first-order valence-corrected chi connectivity index (χ1v) is 4.00. The van der Waals surface area contributed by atoms with Crippen molar-refractivity contribution in [3.05, 3.63) is 36.6 Å². The van der Waals surface area contributed by atoms with Crippen molar-refractivity contribution in [2.24, 2.45) is 0 Å². The molecule has 0 atom stereocenters. The van der Waals surface area contributed by atoms with Gasteiger partial charge in [0.1, 0.15) is 5.76 Å². The van der Waals surface area contributed by atoms with Gasteiger partial charge in [0.2, 0.25) is 0 Å². The van der Waals surface area contributed by atoms with Crippen LogP contribution in [-0.4, -0.2) is 15.0 Å². The predicted molar refractivity (Wildman–Crippen MR) is 45.6 cm³/mol. The van der Waals surface area contributed by atoms with Gasteiger partial charge in [-0.15, -0.1) is 0 Å². The van der Waals surface area contributed by atoms with E-state index in [-0.39, 0.29) is 0 Å². The topological polar surface area (TPSA) is 66.7 Å². The quantitative estimate of drug-likeness (QED) is 0.722. The van der Waals surface area contributed by atoms with Crippen molar-refractivity contribution < 1.29 is 4.42 Å². The molecule has 0 amide bonds. The van der Waals surface area contributed by atoms with Crippen molar-refractivity contribution in [1.29, 1.82) is 0 Å². The van der Waals surface area contributed by atoms with E-state index in [1.54, 1.807) is 18.7 Å². The lowest BCUT2D eigenvalue weighted by atomic mass is 10.4. The van der Waals surface area contributed by atoms with Gasteiger partial charge in [0.05, 0.1) is 19.1 Å². The van der Waals surface area contributed by atoms with Crippen molar-refractivity contribution in [2.75, 3.05) is 0 Å². The standard InChI is InChI=1S/C8H10N4O/c1(7-2-10-5-12-7)9-3-8-4-11-6-13-8/h2,4-6,9H,1,3H2,(H,10,12). The Bertz CT molecular complexity index is 293. The molecular formula is C8H10N4O. The maximum absolute atomic E-state index is 5.05. The Kier molecular flexibility index (Phi) is 2.38. The highest BCUT2D eigenvalue weighted by Crippen LogP contribution is 1.96. The largest absolute Gasteiger partial charge is 0.447 e. The number of imidazole rings is 1. The molecule has 0 aromatic carbocycles. The molecule has 0 radical (unpaired) electrons. The highest BCUT2D eigenvalue weighted by Gasteiger charge is 1.96. The van der Waals surface area contributed by atoms with E-state index in [0.29, 0.717) is 6.54 Å². The van der Waals surface area contributed by atoms with Crippen LogP contribution in [0.5, 0.6) is 0 Å². The Morgan fingerprint density at radius 3 is 3.00 bits per heavy atom. The lowest BCUT2D eigenvalue weighted by Gasteiger charge is -1.98. The second-order valence-corrected chi connectivity index (χ2v) is 2.65. The molecule has 5 heteroatoms. The lowest BCUT2D eigenvalue weighted by Crippen LogP contribution is -2.12. The molecular weight excluding hydrogens is 168 g/mol. The molecule has 0 fully saturated rings. The Morgan fingerprint density at radius 2 is 2.31 bits per heavy atom. The fraction of sp³-hybridized carbons (Fsp3) is 0.250. The molecule has 0 aliphatic carbocycles. The number of nitrogens with zero attached hydrogens (tertiary/aromatic N) is 2. The van der Waals surface area contributed by atoms with Gasteiger partial charge in [-0.25, -0.2) is 9.97 Å². The molecule has 5 nitrogen and oxygen atoms in total. The van der Waals surface area contributed by atoms with Gasteiger partial charge >= 0.3 is 0 Å². The van der Waals surface area contributed by atoms with Gasteiger partial charge in [-0.05, 0) is 0 Å². The third-order valence-electron chi connectivity index (χ3n) is 1.65. The summed E-state index contributed by atoms with van der Waals surface area (Å²) >= 11 is 0. The van der Waals surface area contributed by atoms with E-state index in [4.69, 9.17) is 4.42 Å². The van der Waals surface area contributed by atoms with Gasteiger partial charge < -0.3 is 14.7 Å². The normalized spacial score (nSPS) is 10.5. The SMILES string of the molecule is c1ncc(CNCc2cnco2)[nH]1. The van der Waals surface area contributed by atoms with E-state index in [1.807, 2.05) is 0 Å². The number of aromatic amines is 1. The maximum Gasteiger partial charge on any atom is 0.180 e. The van der Waals surface area contributed by atoms with Crippen LogP contribution in [0.2, 0.25) is 0 Å². The Labute approximate surface area is 75.2 Å². The first kappa shape index (κ1) is 8.00. The highest BCUT2D eigenvalue weighted by molar-refractivity contribution is 4.94. The average molecular weight is 178 g/mol. The summed E-state index contributed by atoms with van der Waals surface area (Å²) in [4.78, 5) is 10.7. The zero-order chi connectivity index (χ0) is 8.93. The maximum atomic E-state index is 5.05. The van der Waals surface area contributed by atoms with Crippen LogP contribution in [0.15, 0.2) is 29.5 Å². The smallest absolute Gasteiger partial charge is 0.180 e. The minimum Gasteiger partial charge on any atom is -0.447 e. The third kappa shape index (κ3) is 2.16. The lowest BCUT2D eigenvalue weighted by molar-refractivity contribution is 0.478. The van der Waals surface area contributed by atoms with Gasteiger partial charge in [-0.3, -0.25) is 0 Å². The van der Waals surface area contributed by atoms with Crippen LogP contribution < -0.4 is 5.32 Å². The Balaban J connectivity index is 1.76. The second-order valence-electron chi connectivity index (χ2n) is 2.65. The summed E-state index contributed by atoms with van der Waals surface area (Å²) in [7, 11) is 0. The van der Waals surface area contributed by atoms with Crippen LogP contribution in [0, 0.1) is 0 Å². The number of nitrogens with one attached hydrogen (secondary N) is 2. The molecule has 0 saturated heterocycles. The van der Waals surface area contributed by atoms with Crippen LogP contribution in [0.4, 0.5) is 0 Å². The van der Waals surface area contributed by atoms with Crippen LogP contribution in [0.25, 0.3) is 0 Å². The summed E-state index contributed by atoms with van der Waals surface area (Å²) in [5.74, 6) is 0.833. The van der Waals surface area contributed by atoms with Crippen LogP contribution >= 0.6 is 0 Å². The molecule has 2 aromatic rings. The van der Waals surface area contributed by atoms with E-state index in [2.05, 4.69) is 20.3 Å². The zero-order valence-corrected chi connectivity index (χ0v) is 7.03. The molecule has 0 spiro atoms. The number of hydrogen-bond acceptors (Lipinski definition) is 4. The summed E-state index contributed by atoms with van der Waals surface area (Å²) in [6, 6.07) is 0. The molecule has 68 valence electrons. The van der Waals surface area contributed by atoms with Crippen LogP contribution in [-0.2, 0) is 13.1 Å². The summed E-state index contributed by atoms with van der Waals surface area (Å²) < 4.78 is 5.05. The summed E-state index contributed by atoms with van der Waals surface area (Å²) in [5.41, 5.74) is 1.06. The molecule has 0 aliphatic heterocycles. The predicted octanol–water partition coefficient (Wildman–Crippen LogP) is 0.688. The van der Waals surface area contributed by atoms with Gasteiger partial charge in [-0.2, -0.15) is 0 Å². The summed E-state index contributed by atoms with van der Waals surface area (Å²) in [6.07, 6.45) is 6.56. The minimum absolute atomic E-state index is 0.680. The molecule has 2 N–H and O–H groups in total. The van der Waals surface area contributed by atoms with Crippen LogP contribution in [0.1, 0.15) is 11.5 Å². The number of H-pyrrole nitrogens is 1. The fourth-order valence-corrected chi connectivity index (χ4v) is 1.03. The summed E-state index contributed by atoms with van der Waals surface area (Å²) in [6.45, 7) is 1.43. The van der Waals surface area contributed by atoms with E-state index < -0.39 is 0 Å². The monoisotopic (exact) mass is 178 g/mol. The van der Waals surface area contributed by atoms with Gasteiger partial charge in [-0.1, -0.05) is 0 Å². The number of aromatic nitrogens is 3. The van der Waals surface area contributed by atoms with E-state index >= 15 is 0 Å². The third-order valence-corrected chi connectivity index (χ3v) is 1.65. The highest BCUT2D eigenvalue weighted by atomic mass is 16.3. The molecule has 13 heavy (non-hydrogen) atoms. The van der Waals surface area contributed by atoms with Crippen molar-refractivity contribution >= 4 is 0 Å². The number of rotatable bonds is 4. The van der Waals surface area contributed by atoms with Crippen LogP contribution in [0.3, 0.4) is 0 Å². The van der Waals surface area contributed by atoms with Gasteiger partial charge in [0.15, 0.2) is 6.39 Å². The summed E-state index contributed by atoms with van der Waals surface area (Å²) in [5, 5.41) is 3.19. The molecule has 0 unspecified atom stereocenters. The molecule has 2 aromatic heterocycles. The first-order chi connectivity index (χ1) is 6.45. The number of oxazole rings is 1. The Morgan fingerprint density at radius 1 is 1.31 bits per heavy atom. The van der Waals surface area contributed by atoms with E-state index in [9.17, 15) is 0 Å². The fourth-order valence-electron chi connectivity index (χ4n) is 1.03. The molecule has 0 aliphatic rings. The average Bonchev–Trinajstić information content (AvgIpc) is 2.75. The Hall–Kier alpha value is -1.62. The van der Waals surface area contributed by atoms with E-state index in [0.717, 1.165) is 18.0 Å². The van der Waals surface area contributed by atoms with Gasteiger partial charge in [0.25, 0.3) is 0 Å². The zero-order valence-electron chi connectivity index (χ0n) is 7.03. The molecule has 2 rings (SSSR count).